The number of nitrogens with zero attached hydrogens (tertiary/aromatic N) is 1. The standard InChI is InChI=1S/C12H15ClN2/c1-3-9(2)15-12(8-14)10-6-4-5-7-11(10)13/h4-7,9,12,15H,3H2,1-2H3. The Kier molecular flexibility index (Phi) is 4.61. The van der Waals surface area contributed by atoms with E-state index in [0.717, 1.165) is 12.0 Å². The Morgan fingerprint density at radius 2 is 2.13 bits per heavy atom. The van der Waals surface area contributed by atoms with Gasteiger partial charge >= 0.3 is 0 Å². The Hall–Kier alpha value is -1.04. The van der Waals surface area contributed by atoms with Gasteiger partial charge in [0.05, 0.1) is 6.07 Å². The minimum Gasteiger partial charge on any atom is -0.296 e. The van der Waals surface area contributed by atoms with Crippen molar-refractivity contribution in [3.05, 3.63) is 34.9 Å². The molecular weight excluding hydrogens is 208 g/mol. The minimum absolute atomic E-state index is 0.311. The van der Waals surface area contributed by atoms with Crippen LogP contribution in [0.5, 0.6) is 0 Å². The van der Waals surface area contributed by atoms with E-state index in [9.17, 15) is 0 Å². The lowest BCUT2D eigenvalue weighted by atomic mass is 10.1. The lowest BCUT2D eigenvalue weighted by Gasteiger charge is -2.17. The molecule has 0 radical (unpaired) electrons. The molecular formula is C12H15ClN2. The molecule has 0 saturated carbocycles. The molecule has 0 aliphatic heterocycles. The highest BCUT2D eigenvalue weighted by atomic mass is 35.5. The van der Waals surface area contributed by atoms with Gasteiger partial charge in [0.15, 0.2) is 0 Å². The van der Waals surface area contributed by atoms with Crippen LogP contribution in [-0.2, 0) is 0 Å². The fourth-order valence-electron chi connectivity index (χ4n) is 1.31. The largest absolute Gasteiger partial charge is 0.296 e. The van der Waals surface area contributed by atoms with Gasteiger partial charge in [0, 0.05) is 16.6 Å². The summed E-state index contributed by atoms with van der Waals surface area (Å²) in [6, 6.07) is 9.66. The van der Waals surface area contributed by atoms with Crippen LogP contribution in [0.2, 0.25) is 5.02 Å². The Morgan fingerprint density at radius 3 is 2.67 bits per heavy atom. The first-order chi connectivity index (χ1) is 7.19. The Labute approximate surface area is 95.9 Å². The zero-order chi connectivity index (χ0) is 11.3. The SMILES string of the molecule is CCC(C)NC(C#N)c1ccccc1Cl. The first kappa shape index (κ1) is 12.0. The van der Waals surface area contributed by atoms with Gasteiger partial charge in [-0.3, -0.25) is 5.32 Å². The predicted molar refractivity (Wildman–Crippen MR) is 62.7 cm³/mol. The van der Waals surface area contributed by atoms with Crippen molar-refractivity contribution in [2.75, 3.05) is 0 Å². The first-order valence-corrected chi connectivity index (χ1v) is 5.47. The van der Waals surface area contributed by atoms with Crippen LogP contribution in [0.1, 0.15) is 31.9 Å². The van der Waals surface area contributed by atoms with Gasteiger partial charge in [0.2, 0.25) is 0 Å². The number of hydrogen-bond acceptors (Lipinski definition) is 2. The number of rotatable bonds is 4. The molecule has 0 bridgehead atoms. The third-order valence-corrected chi connectivity index (χ3v) is 2.75. The van der Waals surface area contributed by atoms with Crippen LogP contribution < -0.4 is 5.32 Å². The molecule has 0 aliphatic rings. The summed E-state index contributed by atoms with van der Waals surface area (Å²) in [7, 11) is 0. The highest BCUT2D eigenvalue weighted by Gasteiger charge is 2.14. The first-order valence-electron chi connectivity index (χ1n) is 5.09. The van der Waals surface area contributed by atoms with E-state index in [1.165, 1.54) is 0 Å². The van der Waals surface area contributed by atoms with Crippen molar-refractivity contribution in [3.8, 4) is 6.07 Å². The molecule has 2 unspecified atom stereocenters. The monoisotopic (exact) mass is 222 g/mol. The van der Waals surface area contributed by atoms with Gasteiger partial charge in [-0.25, -0.2) is 0 Å². The molecule has 3 heteroatoms. The fourth-order valence-corrected chi connectivity index (χ4v) is 1.55. The second-order valence-corrected chi connectivity index (χ2v) is 3.97. The van der Waals surface area contributed by atoms with E-state index >= 15 is 0 Å². The Balaban J connectivity index is 2.85. The molecule has 1 N–H and O–H groups in total. The summed E-state index contributed by atoms with van der Waals surface area (Å²) in [4.78, 5) is 0. The molecule has 15 heavy (non-hydrogen) atoms. The van der Waals surface area contributed by atoms with Crippen molar-refractivity contribution in [3.63, 3.8) is 0 Å². The van der Waals surface area contributed by atoms with Crippen molar-refractivity contribution in [2.24, 2.45) is 0 Å². The maximum atomic E-state index is 9.08. The van der Waals surface area contributed by atoms with Gasteiger partial charge < -0.3 is 0 Å². The van der Waals surface area contributed by atoms with Crippen LogP contribution >= 0.6 is 11.6 Å². The predicted octanol–water partition coefficient (Wildman–Crippen LogP) is 3.29. The second-order valence-electron chi connectivity index (χ2n) is 3.56. The molecule has 0 aliphatic carbocycles. The van der Waals surface area contributed by atoms with Crippen LogP contribution in [0.3, 0.4) is 0 Å². The zero-order valence-corrected chi connectivity index (χ0v) is 9.75. The Bertz CT molecular complexity index is 357. The maximum Gasteiger partial charge on any atom is 0.123 e. The van der Waals surface area contributed by atoms with E-state index in [0.29, 0.717) is 11.1 Å². The normalized spacial score (nSPS) is 14.3. The van der Waals surface area contributed by atoms with E-state index in [2.05, 4.69) is 25.2 Å². The molecule has 80 valence electrons. The molecule has 0 amide bonds. The van der Waals surface area contributed by atoms with E-state index < -0.39 is 0 Å². The van der Waals surface area contributed by atoms with Gasteiger partial charge in [0.1, 0.15) is 6.04 Å². The summed E-state index contributed by atoms with van der Waals surface area (Å²) in [5, 5.41) is 12.9. The van der Waals surface area contributed by atoms with Crippen LogP contribution in [0, 0.1) is 11.3 Å². The molecule has 2 atom stereocenters. The van der Waals surface area contributed by atoms with E-state index in [1.807, 2.05) is 18.2 Å². The van der Waals surface area contributed by atoms with Crippen molar-refractivity contribution >= 4 is 11.6 Å². The van der Waals surface area contributed by atoms with Crippen molar-refractivity contribution < 1.29 is 0 Å². The molecule has 0 saturated heterocycles. The highest BCUT2D eigenvalue weighted by Crippen LogP contribution is 2.22. The number of nitriles is 1. The average molecular weight is 223 g/mol. The highest BCUT2D eigenvalue weighted by molar-refractivity contribution is 6.31. The minimum atomic E-state index is -0.325. The third kappa shape index (κ3) is 3.23. The van der Waals surface area contributed by atoms with Crippen LogP contribution in [0.4, 0.5) is 0 Å². The summed E-state index contributed by atoms with van der Waals surface area (Å²) in [6.45, 7) is 4.14. The van der Waals surface area contributed by atoms with Crippen LogP contribution in [0.25, 0.3) is 0 Å². The molecule has 0 fully saturated rings. The maximum absolute atomic E-state index is 9.08. The van der Waals surface area contributed by atoms with Crippen molar-refractivity contribution in [1.82, 2.24) is 5.32 Å². The summed E-state index contributed by atoms with van der Waals surface area (Å²) in [5.41, 5.74) is 0.849. The lowest BCUT2D eigenvalue weighted by Crippen LogP contribution is -2.29. The molecule has 0 aromatic heterocycles. The smallest absolute Gasteiger partial charge is 0.123 e. The molecule has 2 nitrogen and oxygen atoms in total. The van der Waals surface area contributed by atoms with Gasteiger partial charge in [-0.1, -0.05) is 36.7 Å². The summed E-state index contributed by atoms with van der Waals surface area (Å²) >= 11 is 6.03. The number of benzene rings is 1. The summed E-state index contributed by atoms with van der Waals surface area (Å²) < 4.78 is 0. The Morgan fingerprint density at radius 1 is 1.47 bits per heavy atom. The van der Waals surface area contributed by atoms with E-state index in [4.69, 9.17) is 16.9 Å². The van der Waals surface area contributed by atoms with Gasteiger partial charge in [-0.15, -0.1) is 0 Å². The molecule has 1 aromatic carbocycles. The number of hydrogen-bond donors (Lipinski definition) is 1. The van der Waals surface area contributed by atoms with Crippen LogP contribution in [-0.4, -0.2) is 6.04 Å². The second kappa shape index (κ2) is 5.75. The number of nitrogens with one attached hydrogen (secondary N) is 1. The lowest BCUT2D eigenvalue weighted by molar-refractivity contribution is 0.501. The van der Waals surface area contributed by atoms with Crippen molar-refractivity contribution in [1.29, 1.82) is 5.26 Å². The van der Waals surface area contributed by atoms with Crippen LogP contribution in [0.15, 0.2) is 24.3 Å². The molecule has 0 spiro atoms. The molecule has 1 aromatic rings. The third-order valence-electron chi connectivity index (χ3n) is 2.41. The van der Waals surface area contributed by atoms with Crippen molar-refractivity contribution in [2.45, 2.75) is 32.4 Å². The topological polar surface area (TPSA) is 35.8 Å². The van der Waals surface area contributed by atoms with Gasteiger partial charge in [-0.2, -0.15) is 5.26 Å². The van der Waals surface area contributed by atoms with E-state index in [1.54, 1.807) is 6.07 Å². The fraction of sp³-hybridized carbons (Fsp3) is 0.417. The molecule has 0 heterocycles. The summed E-state index contributed by atoms with van der Waals surface area (Å²) in [5.74, 6) is 0. The average Bonchev–Trinajstić information content (AvgIpc) is 2.26. The van der Waals surface area contributed by atoms with Gasteiger partial charge in [-0.05, 0) is 19.4 Å². The van der Waals surface area contributed by atoms with Gasteiger partial charge in [0.25, 0.3) is 0 Å². The van der Waals surface area contributed by atoms with E-state index in [-0.39, 0.29) is 6.04 Å². The number of halogens is 1. The summed E-state index contributed by atoms with van der Waals surface area (Å²) in [6.07, 6.45) is 0.989. The zero-order valence-electron chi connectivity index (χ0n) is 9.00. The molecule has 1 rings (SSSR count). The quantitative estimate of drug-likeness (QED) is 0.849.